The molecule has 2 rings (SSSR count). The smallest absolute Gasteiger partial charge is 0.340 e. The molecule has 1 amide bonds. The average Bonchev–Trinajstić information content (AvgIpc) is 2.51. The Hall–Kier alpha value is -2.28. The van der Waals surface area contributed by atoms with Gasteiger partial charge in [0.25, 0.3) is 5.91 Å². The van der Waals surface area contributed by atoms with E-state index in [1.54, 1.807) is 6.07 Å². The van der Waals surface area contributed by atoms with Crippen molar-refractivity contribution < 1.29 is 23.1 Å². The summed E-state index contributed by atoms with van der Waals surface area (Å²) in [7, 11) is 0. The zero-order chi connectivity index (χ0) is 17.0. The maximum Gasteiger partial charge on any atom is 0.340 e. The molecule has 1 N–H and O–H groups in total. The first-order valence-electron chi connectivity index (χ1n) is 6.60. The van der Waals surface area contributed by atoms with Crippen LogP contribution in [-0.2, 0) is 9.53 Å². The molecule has 0 unspecified atom stereocenters. The molecule has 0 aliphatic rings. The maximum absolute atomic E-state index is 13.5. The van der Waals surface area contributed by atoms with Crippen molar-refractivity contribution in [2.45, 2.75) is 13.0 Å². The number of nitrogens with one attached hydrogen (secondary N) is 1. The summed E-state index contributed by atoms with van der Waals surface area (Å²) in [6.07, 6.45) is -1.18. The predicted octanol–water partition coefficient (Wildman–Crippen LogP) is 3.91. The molecule has 0 aromatic heterocycles. The second kappa shape index (κ2) is 7.32. The average molecular weight is 384 g/mol. The number of anilines is 1. The van der Waals surface area contributed by atoms with E-state index in [2.05, 4.69) is 21.2 Å². The minimum absolute atomic E-state index is 0.0210. The number of halogens is 3. The van der Waals surface area contributed by atoms with Crippen molar-refractivity contribution in [1.82, 2.24) is 0 Å². The Morgan fingerprint density at radius 1 is 1.17 bits per heavy atom. The zero-order valence-corrected chi connectivity index (χ0v) is 13.6. The Balaban J connectivity index is 2.05. The largest absolute Gasteiger partial charge is 0.449 e. The van der Waals surface area contributed by atoms with E-state index in [-0.39, 0.29) is 11.3 Å². The van der Waals surface area contributed by atoms with Crippen molar-refractivity contribution in [2.75, 3.05) is 5.32 Å². The number of carbonyl (C=O) groups excluding carboxylic acids is 2. The van der Waals surface area contributed by atoms with E-state index in [9.17, 15) is 18.4 Å². The second-order valence-corrected chi connectivity index (χ2v) is 5.50. The van der Waals surface area contributed by atoms with E-state index in [4.69, 9.17) is 4.74 Å². The first kappa shape index (κ1) is 17.1. The van der Waals surface area contributed by atoms with Gasteiger partial charge in [0.05, 0.1) is 11.3 Å². The molecule has 0 saturated carbocycles. The molecule has 0 radical (unpaired) electrons. The quantitative estimate of drug-likeness (QED) is 0.814. The fraction of sp³-hybridized carbons (Fsp3) is 0.125. The van der Waals surface area contributed by atoms with E-state index in [1.165, 1.54) is 37.3 Å². The van der Waals surface area contributed by atoms with E-state index in [1.807, 2.05) is 0 Å². The van der Waals surface area contributed by atoms with Gasteiger partial charge >= 0.3 is 5.97 Å². The van der Waals surface area contributed by atoms with Crippen LogP contribution in [0.3, 0.4) is 0 Å². The number of ether oxygens (including phenoxy) is 1. The highest BCUT2D eigenvalue weighted by Crippen LogP contribution is 2.20. The van der Waals surface area contributed by atoms with E-state index in [0.29, 0.717) is 4.47 Å². The monoisotopic (exact) mass is 383 g/mol. The molecule has 0 aliphatic heterocycles. The van der Waals surface area contributed by atoms with Crippen LogP contribution < -0.4 is 5.32 Å². The third-order valence-electron chi connectivity index (χ3n) is 2.93. The summed E-state index contributed by atoms with van der Waals surface area (Å²) < 4.78 is 32.0. The molecule has 0 saturated heterocycles. The molecule has 23 heavy (non-hydrogen) atoms. The molecule has 0 heterocycles. The van der Waals surface area contributed by atoms with Gasteiger partial charge in [0.1, 0.15) is 11.6 Å². The van der Waals surface area contributed by atoms with Gasteiger partial charge in [-0.25, -0.2) is 13.6 Å². The number of hydrogen-bond acceptors (Lipinski definition) is 3. The van der Waals surface area contributed by atoms with Crippen LogP contribution in [0.2, 0.25) is 0 Å². The fourth-order valence-electron chi connectivity index (χ4n) is 1.73. The summed E-state index contributed by atoms with van der Waals surface area (Å²) in [5, 5.41) is 2.32. The van der Waals surface area contributed by atoms with Crippen LogP contribution in [0.5, 0.6) is 0 Å². The van der Waals surface area contributed by atoms with E-state index >= 15 is 0 Å². The number of amides is 1. The minimum Gasteiger partial charge on any atom is -0.449 e. The molecule has 4 nitrogen and oxygen atoms in total. The van der Waals surface area contributed by atoms with Gasteiger partial charge in [-0.15, -0.1) is 0 Å². The third kappa shape index (κ3) is 4.35. The van der Waals surface area contributed by atoms with Gasteiger partial charge in [0.2, 0.25) is 0 Å². The van der Waals surface area contributed by atoms with Crippen LogP contribution in [0.15, 0.2) is 46.9 Å². The minimum atomic E-state index is -1.18. The van der Waals surface area contributed by atoms with Crippen LogP contribution in [0, 0.1) is 11.6 Å². The number of rotatable bonds is 4. The summed E-state index contributed by atoms with van der Waals surface area (Å²) in [6, 6.07) is 9.13. The Labute approximate surface area is 139 Å². The highest BCUT2D eigenvalue weighted by molar-refractivity contribution is 9.10. The maximum atomic E-state index is 13.5. The first-order chi connectivity index (χ1) is 10.9. The summed E-state index contributed by atoms with van der Waals surface area (Å²) in [4.78, 5) is 23.9. The van der Waals surface area contributed by atoms with Crippen LogP contribution in [0.4, 0.5) is 14.5 Å². The Morgan fingerprint density at radius 3 is 2.57 bits per heavy atom. The molecule has 7 heteroatoms. The van der Waals surface area contributed by atoms with Crippen molar-refractivity contribution in [1.29, 1.82) is 0 Å². The van der Waals surface area contributed by atoms with E-state index < -0.39 is 29.6 Å². The molecule has 2 aromatic carbocycles. The van der Waals surface area contributed by atoms with Crippen LogP contribution >= 0.6 is 15.9 Å². The third-order valence-corrected chi connectivity index (χ3v) is 3.62. The number of hydrogen-bond donors (Lipinski definition) is 1. The molecule has 120 valence electrons. The number of para-hydroxylation sites is 1. The van der Waals surface area contributed by atoms with Crippen LogP contribution in [0.1, 0.15) is 17.3 Å². The number of esters is 1. The van der Waals surface area contributed by atoms with Crippen molar-refractivity contribution >= 4 is 33.5 Å². The second-order valence-electron chi connectivity index (χ2n) is 4.64. The highest BCUT2D eigenvalue weighted by Gasteiger charge is 2.21. The molecular weight excluding hydrogens is 372 g/mol. The summed E-state index contributed by atoms with van der Waals surface area (Å²) in [5.41, 5.74) is -0.0668. The van der Waals surface area contributed by atoms with Crippen molar-refractivity contribution in [3.05, 3.63) is 64.1 Å². The molecule has 0 bridgehead atoms. The summed E-state index contributed by atoms with van der Waals surface area (Å²) in [6.45, 7) is 1.33. The van der Waals surface area contributed by atoms with Gasteiger partial charge in [-0.1, -0.05) is 12.1 Å². The first-order valence-corrected chi connectivity index (χ1v) is 7.39. The number of benzene rings is 2. The molecule has 0 fully saturated rings. The Kier molecular flexibility index (Phi) is 5.44. The van der Waals surface area contributed by atoms with Crippen molar-refractivity contribution in [2.24, 2.45) is 0 Å². The lowest BCUT2D eigenvalue weighted by Crippen LogP contribution is -2.30. The molecule has 1 atom stereocenters. The summed E-state index contributed by atoms with van der Waals surface area (Å²) in [5.74, 6) is -2.78. The molecule has 2 aromatic rings. The fourth-order valence-corrected chi connectivity index (χ4v) is 2.14. The topological polar surface area (TPSA) is 55.4 Å². The predicted molar refractivity (Wildman–Crippen MR) is 84.0 cm³/mol. The summed E-state index contributed by atoms with van der Waals surface area (Å²) >= 11 is 3.10. The van der Waals surface area contributed by atoms with Crippen LogP contribution in [0.25, 0.3) is 0 Å². The lowest BCUT2D eigenvalue weighted by Gasteiger charge is -2.14. The lowest BCUT2D eigenvalue weighted by atomic mass is 10.2. The molecule has 0 aliphatic carbocycles. The van der Waals surface area contributed by atoms with Gasteiger partial charge in [-0.05, 0) is 53.2 Å². The van der Waals surface area contributed by atoms with Crippen molar-refractivity contribution in [3.8, 4) is 0 Å². The highest BCUT2D eigenvalue weighted by atomic mass is 79.9. The van der Waals surface area contributed by atoms with E-state index in [0.717, 1.165) is 6.07 Å². The lowest BCUT2D eigenvalue weighted by molar-refractivity contribution is -0.123. The SMILES string of the molecule is C[C@H](OC(=O)c1cc(F)ccc1Br)C(=O)Nc1ccccc1F. The Bertz CT molecular complexity index is 752. The van der Waals surface area contributed by atoms with Gasteiger partial charge in [-0.2, -0.15) is 0 Å². The Morgan fingerprint density at radius 2 is 1.87 bits per heavy atom. The van der Waals surface area contributed by atoms with Crippen LogP contribution in [-0.4, -0.2) is 18.0 Å². The van der Waals surface area contributed by atoms with Gasteiger partial charge in [-0.3, -0.25) is 4.79 Å². The van der Waals surface area contributed by atoms with Gasteiger partial charge in [0.15, 0.2) is 6.10 Å². The zero-order valence-electron chi connectivity index (χ0n) is 12.0. The number of carbonyl (C=O) groups is 2. The van der Waals surface area contributed by atoms with Gasteiger partial charge < -0.3 is 10.1 Å². The van der Waals surface area contributed by atoms with Crippen molar-refractivity contribution in [3.63, 3.8) is 0 Å². The standard InChI is InChI=1S/C16H12BrF2NO3/c1-9(15(21)20-14-5-3-2-4-13(14)19)23-16(22)11-8-10(18)6-7-12(11)17/h2-9H,1H3,(H,20,21)/t9-/m0/s1. The normalized spacial score (nSPS) is 11.7. The molecular formula is C16H12BrF2NO3. The molecule has 0 spiro atoms. The van der Waals surface area contributed by atoms with Gasteiger partial charge in [0, 0.05) is 4.47 Å².